The summed E-state index contributed by atoms with van der Waals surface area (Å²) in [4.78, 5) is 11.9. The van der Waals surface area contributed by atoms with E-state index in [9.17, 15) is 9.18 Å². The molecular weight excluding hydrogens is 307 g/mol. The Kier molecular flexibility index (Phi) is 4.92. The van der Waals surface area contributed by atoms with Gasteiger partial charge in [0.2, 0.25) is 0 Å². The average Bonchev–Trinajstić information content (AvgIpc) is 2.74. The van der Waals surface area contributed by atoms with Crippen LogP contribution in [-0.4, -0.2) is 21.4 Å². The first-order valence-corrected chi connectivity index (χ1v) is 7.04. The van der Waals surface area contributed by atoms with Crippen LogP contribution in [0, 0.1) is 19.7 Å². The summed E-state index contributed by atoms with van der Waals surface area (Å²) in [6.45, 7) is 5.50. The van der Waals surface area contributed by atoms with E-state index in [1.807, 2.05) is 19.9 Å². The van der Waals surface area contributed by atoms with Crippen LogP contribution < -0.4 is 5.43 Å². The molecule has 1 amide bonds. The van der Waals surface area contributed by atoms with E-state index in [1.165, 1.54) is 18.2 Å². The summed E-state index contributed by atoms with van der Waals surface area (Å²) in [5, 5.41) is 8.43. The number of hydrazone groups is 1. The first-order valence-electron chi connectivity index (χ1n) is 6.66. The lowest BCUT2D eigenvalue weighted by Gasteiger charge is -2.06. The van der Waals surface area contributed by atoms with Gasteiger partial charge in [-0.1, -0.05) is 11.6 Å². The highest BCUT2D eigenvalue weighted by Crippen LogP contribution is 2.17. The molecule has 0 spiro atoms. The van der Waals surface area contributed by atoms with Crippen molar-refractivity contribution in [1.82, 2.24) is 15.2 Å². The third-order valence-electron chi connectivity index (χ3n) is 3.07. The molecule has 2 aromatic rings. The Morgan fingerprint density at radius 3 is 2.73 bits per heavy atom. The minimum atomic E-state index is -0.421. The SMILES string of the molecule is C/C(=N/NC(=O)Cn1nc(C)cc1C)c1ccc(F)cc1Cl. The third-order valence-corrected chi connectivity index (χ3v) is 3.38. The van der Waals surface area contributed by atoms with Crippen LogP contribution in [0.25, 0.3) is 0 Å². The molecular formula is C15H16ClFN4O. The topological polar surface area (TPSA) is 59.3 Å². The Morgan fingerprint density at radius 1 is 1.41 bits per heavy atom. The number of nitrogens with zero attached hydrogens (tertiary/aromatic N) is 3. The molecule has 1 aromatic carbocycles. The lowest BCUT2D eigenvalue weighted by Crippen LogP contribution is -2.25. The second-order valence-corrected chi connectivity index (χ2v) is 5.35. The van der Waals surface area contributed by atoms with Gasteiger partial charge >= 0.3 is 0 Å². The summed E-state index contributed by atoms with van der Waals surface area (Å²) in [5.74, 6) is -0.723. The third kappa shape index (κ3) is 3.92. The van der Waals surface area contributed by atoms with Gasteiger partial charge in [-0.15, -0.1) is 0 Å². The maximum Gasteiger partial charge on any atom is 0.261 e. The van der Waals surface area contributed by atoms with Crippen molar-refractivity contribution in [2.75, 3.05) is 0 Å². The van der Waals surface area contributed by atoms with Crippen LogP contribution in [0.15, 0.2) is 29.4 Å². The number of benzene rings is 1. The van der Waals surface area contributed by atoms with Gasteiger partial charge in [-0.05, 0) is 45.0 Å². The number of hydrogen-bond donors (Lipinski definition) is 1. The van der Waals surface area contributed by atoms with Crippen molar-refractivity contribution in [3.8, 4) is 0 Å². The lowest BCUT2D eigenvalue weighted by molar-refractivity contribution is -0.121. The zero-order valence-electron chi connectivity index (χ0n) is 12.5. The molecule has 0 aliphatic heterocycles. The van der Waals surface area contributed by atoms with Crippen LogP contribution in [-0.2, 0) is 11.3 Å². The molecule has 0 saturated carbocycles. The molecule has 0 radical (unpaired) electrons. The fraction of sp³-hybridized carbons (Fsp3) is 0.267. The maximum atomic E-state index is 13.0. The smallest absolute Gasteiger partial charge is 0.261 e. The summed E-state index contributed by atoms with van der Waals surface area (Å²) in [6.07, 6.45) is 0. The van der Waals surface area contributed by atoms with Crippen molar-refractivity contribution in [3.05, 3.63) is 52.1 Å². The van der Waals surface area contributed by atoms with Crippen molar-refractivity contribution in [2.45, 2.75) is 27.3 Å². The molecule has 0 unspecified atom stereocenters. The second kappa shape index (κ2) is 6.70. The quantitative estimate of drug-likeness (QED) is 0.695. The molecule has 2 rings (SSSR count). The highest BCUT2D eigenvalue weighted by atomic mass is 35.5. The van der Waals surface area contributed by atoms with Crippen molar-refractivity contribution in [1.29, 1.82) is 0 Å². The van der Waals surface area contributed by atoms with Crippen LogP contribution in [0.5, 0.6) is 0 Å². The number of amides is 1. The fourth-order valence-electron chi connectivity index (χ4n) is 2.00. The summed E-state index contributed by atoms with van der Waals surface area (Å²) >= 11 is 5.95. The monoisotopic (exact) mass is 322 g/mol. The molecule has 0 bridgehead atoms. The second-order valence-electron chi connectivity index (χ2n) is 4.94. The molecule has 1 heterocycles. The zero-order valence-corrected chi connectivity index (χ0v) is 13.3. The summed E-state index contributed by atoms with van der Waals surface area (Å²) in [7, 11) is 0. The highest BCUT2D eigenvalue weighted by Gasteiger charge is 2.08. The normalized spacial score (nSPS) is 11.6. The van der Waals surface area contributed by atoms with Crippen LogP contribution in [0.1, 0.15) is 23.9 Å². The largest absolute Gasteiger partial charge is 0.271 e. The molecule has 7 heteroatoms. The fourth-order valence-corrected chi connectivity index (χ4v) is 2.30. The van der Waals surface area contributed by atoms with E-state index < -0.39 is 5.82 Å². The van der Waals surface area contributed by atoms with Crippen LogP contribution in [0.4, 0.5) is 4.39 Å². The van der Waals surface area contributed by atoms with Gasteiger partial charge < -0.3 is 0 Å². The first kappa shape index (κ1) is 16.2. The highest BCUT2D eigenvalue weighted by molar-refractivity contribution is 6.34. The first-order chi connectivity index (χ1) is 10.4. The molecule has 0 aliphatic rings. The summed E-state index contributed by atoms with van der Waals surface area (Å²) in [6, 6.07) is 5.90. The minimum Gasteiger partial charge on any atom is -0.271 e. The van der Waals surface area contributed by atoms with E-state index in [2.05, 4.69) is 15.6 Å². The maximum absolute atomic E-state index is 13.0. The predicted octanol–water partition coefficient (Wildman–Crippen LogP) is 2.83. The van der Waals surface area contributed by atoms with Crippen molar-refractivity contribution in [2.24, 2.45) is 5.10 Å². The molecule has 22 heavy (non-hydrogen) atoms. The Balaban J connectivity index is 2.04. The van der Waals surface area contributed by atoms with Gasteiger partial charge in [0.25, 0.3) is 5.91 Å². The molecule has 1 N–H and O–H groups in total. The molecule has 0 saturated heterocycles. The van der Waals surface area contributed by atoms with Crippen LogP contribution in [0.3, 0.4) is 0 Å². The number of carbonyl (C=O) groups is 1. The van der Waals surface area contributed by atoms with Crippen molar-refractivity contribution < 1.29 is 9.18 Å². The van der Waals surface area contributed by atoms with Gasteiger partial charge in [-0.3, -0.25) is 9.48 Å². The standard InChI is InChI=1S/C15H16ClFN4O/c1-9-6-10(2)21(20-9)8-15(22)19-18-11(3)13-5-4-12(17)7-14(13)16/h4-7H,8H2,1-3H3,(H,19,22)/b18-11-. The van der Waals surface area contributed by atoms with E-state index in [-0.39, 0.29) is 17.5 Å². The molecule has 0 aliphatic carbocycles. The number of aryl methyl sites for hydroxylation is 2. The van der Waals surface area contributed by atoms with Crippen LogP contribution in [0.2, 0.25) is 5.02 Å². The van der Waals surface area contributed by atoms with Gasteiger partial charge in [0.05, 0.1) is 16.4 Å². The Labute approximate surface area is 132 Å². The van der Waals surface area contributed by atoms with Gasteiger partial charge in [-0.2, -0.15) is 10.2 Å². The summed E-state index contributed by atoms with van der Waals surface area (Å²) < 4.78 is 14.6. The number of hydrogen-bond acceptors (Lipinski definition) is 3. The van der Waals surface area contributed by atoms with Gasteiger partial charge in [-0.25, -0.2) is 9.82 Å². The lowest BCUT2D eigenvalue weighted by atomic mass is 10.1. The predicted molar refractivity (Wildman–Crippen MR) is 83.5 cm³/mol. The molecule has 116 valence electrons. The van der Waals surface area contributed by atoms with Crippen LogP contribution >= 0.6 is 11.6 Å². The molecule has 1 aromatic heterocycles. The molecule has 5 nitrogen and oxygen atoms in total. The van der Waals surface area contributed by atoms with E-state index in [4.69, 9.17) is 11.6 Å². The number of halogens is 2. The number of rotatable bonds is 4. The number of nitrogens with one attached hydrogen (secondary N) is 1. The summed E-state index contributed by atoms with van der Waals surface area (Å²) in [5.41, 5.74) is 5.25. The number of aromatic nitrogens is 2. The van der Waals surface area contributed by atoms with E-state index >= 15 is 0 Å². The Bertz CT molecular complexity index is 739. The Hall–Kier alpha value is -2.21. The number of carbonyl (C=O) groups excluding carboxylic acids is 1. The van der Waals surface area contributed by atoms with Gasteiger partial charge in [0.15, 0.2) is 0 Å². The zero-order chi connectivity index (χ0) is 16.3. The van der Waals surface area contributed by atoms with E-state index in [0.717, 1.165) is 11.4 Å². The van der Waals surface area contributed by atoms with Gasteiger partial charge in [0, 0.05) is 11.3 Å². The molecule has 0 fully saturated rings. The van der Waals surface area contributed by atoms with E-state index in [0.29, 0.717) is 11.3 Å². The van der Waals surface area contributed by atoms with Gasteiger partial charge in [0.1, 0.15) is 12.4 Å². The van der Waals surface area contributed by atoms with Crippen molar-refractivity contribution in [3.63, 3.8) is 0 Å². The van der Waals surface area contributed by atoms with Crippen molar-refractivity contribution >= 4 is 23.2 Å². The molecule has 0 atom stereocenters. The Morgan fingerprint density at radius 2 is 2.14 bits per heavy atom. The average molecular weight is 323 g/mol. The van der Waals surface area contributed by atoms with E-state index in [1.54, 1.807) is 11.6 Å². The minimum absolute atomic E-state index is 0.0770.